The summed E-state index contributed by atoms with van der Waals surface area (Å²) in [5, 5.41) is 15.2. The van der Waals surface area contributed by atoms with E-state index in [0.717, 1.165) is 6.42 Å². The Bertz CT molecular complexity index is 1100. The number of hydrogen-bond acceptors (Lipinski definition) is 6. The van der Waals surface area contributed by atoms with Crippen LogP contribution in [-0.4, -0.2) is 38.4 Å². The SMILES string of the molecule is CCc1ccc(O[C@@H](C)C(=O)NCc2nnc(SCC(=O)Nc3ccc(Cl)cc3)n2CC)cc1. The van der Waals surface area contributed by atoms with Crippen LogP contribution in [0.1, 0.15) is 32.2 Å². The van der Waals surface area contributed by atoms with Gasteiger partial charge in [0.25, 0.3) is 5.91 Å². The summed E-state index contributed by atoms with van der Waals surface area (Å²) in [6.07, 6.45) is 0.290. The summed E-state index contributed by atoms with van der Waals surface area (Å²) < 4.78 is 7.61. The second-order valence-corrected chi connectivity index (χ2v) is 8.84. The van der Waals surface area contributed by atoms with Crippen LogP contribution in [0.25, 0.3) is 0 Å². The van der Waals surface area contributed by atoms with Crippen molar-refractivity contribution in [3.8, 4) is 5.75 Å². The quantitative estimate of drug-likeness (QED) is 0.379. The molecule has 2 aromatic carbocycles. The first kappa shape index (κ1) is 25.6. The molecule has 0 spiro atoms. The lowest BCUT2D eigenvalue weighted by Gasteiger charge is -2.15. The first-order valence-electron chi connectivity index (χ1n) is 11.0. The molecule has 10 heteroatoms. The van der Waals surface area contributed by atoms with Crippen molar-refractivity contribution in [2.75, 3.05) is 11.1 Å². The summed E-state index contributed by atoms with van der Waals surface area (Å²) in [5.41, 5.74) is 1.88. The number of thioether (sulfide) groups is 1. The highest BCUT2D eigenvalue weighted by atomic mass is 35.5. The van der Waals surface area contributed by atoms with E-state index in [1.54, 1.807) is 31.2 Å². The topological polar surface area (TPSA) is 98.1 Å². The number of nitrogens with one attached hydrogen (secondary N) is 2. The van der Waals surface area contributed by atoms with E-state index in [1.807, 2.05) is 35.8 Å². The highest BCUT2D eigenvalue weighted by molar-refractivity contribution is 7.99. The Kier molecular flexibility index (Phi) is 9.35. The average molecular weight is 502 g/mol. The standard InChI is InChI=1S/C24H28ClN5O3S/c1-4-17-6-12-20(13-7-17)33-16(3)23(32)26-14-21-28-29-24(30(21)5-2)34-15-22(31)27-19-10-8-18(25)9-11-19/h6-13,16H,4-5,14-15H2,1-3H3,(H,26,32)(H,27,31)/t16-/m0/s1. The van der Waals surface area contributed by atoms with Crippen LogP contribution in [0.3, 0.4) is 0 Å². The van der Waals surface area contributed by atoms with Crippen molar-refractivity contribution in [2.24, 2.45) is 0 Å². The number of aromatic nitrogens is 3. The molecule has 0 aliphatic heterocycles. The molecule has 2 amide bonds. The molecule has 1 aromatic heterocycles. The first-order valence-corrected chi connectivity index (χ1v) is 12.4. The Balaban J connectivity index is 1.50. The van der Waals surface area contributed by atoms with Gasteiger partial charge in [-0.2, -0.15) is 0 Å². The van der Waals surface area contributed by atoms with Gasteiger partial charge in [-0.1, -0.05) is 42.4 Å². The Hall–Kier alpha value is -3.04. The third-order valence-electron chi connectivity index (χ3n) is 5.00. The minimum absolute atomic E-state index is 0.161. The second-order valence-electron chi connectivity index (χ2n) is 7.46. The zero-order chi connectivity index (χ0) is 24.5. The van der Waals surface area contributed by atoms with Crippen molar-refractivity contribution < 1.29 is 14.3 Å². The van der Waals surface area contributed by atoms with Crippen molar-refractivity contribution >= 4 is 40.9 Å². The van der Waals surface area contributed by atoms with Crippen molar-refractivity contribution in [1.29, 1.82) is 0 Å². The van der Waals surface area contributed by atoms with E-state index in [0.29, 0.717) is 34.0 Å². The van der Waals surface area contributed by atoms with Crippen LogP contribution in [-0.2, 0) is 29.1 Å². The van der Waals surface area contributed by atoms with Gasteiger partial charge in [-0.25, -0.2) is 0 Å². The molecule has 0 unspecified atom stereocenters. The Morgan fingerprint density at radius 3 is 2.44 bits per heavy atom. The molecular formula is C24H28ClN5O3S. The van der Waals surface area contributed by atoms with Gasteiger partial charge < -0.3 is 19.9 Å². The van der Waals surface area contributed by atoms with Crippen LogP contribution >= 0.6 is 23.4 Å². The van der Waals surface area contributed by atoms with E-state index in [-0.39, 0.29) is 24.1 Å². The zero-order valence-corrected chi connectivity index (χ0v) is 20.9. The molecule has 0 aliphatic rings. The van der Waals surface area contributed by atoms with Gasteiger partial charge in [0.1, 0.15) is 5.75 Å². The summed E-state index contributed by atoms with van der Waals surface area (Å²) in [6, 6.07) is 14.6. The van der Waals surface area contributed by atoms with E-state index in [9.17, 15) is 9.59 Å². The van der Waals surface area contributed by atoms with E-state index < -0.39 is 6.10 Å². The molecule has 0 fully saturated rings. The Labute approximate surface area is 208 Å². The number of benzene rings is 2. The normalized spacial score (nSPS) is 11.6. The summed E-state index contributed by atoms with van der Waals surface area (Å²) in [7, 11) is 0. The average Bonchev–Trinajstić information content (AvgIpc) is 3.24. The summed E-state index contributed by atoms with van der Waals surface area (Å²) in [6.45, 7) is 6.56. The number of halogens is 1. The fraction of sp³-hybridized carbons (Fsp3) is 0.333. The molecule has 180 valence electrons. The van der Waals surface area contributed by atoms with Gasteiger partial charge >= 0.3 is 0 Å². The fourth-order valence-corrected chi connectivity index (χ4v) is 4.05. The minimum Gasteiger partial charge on any atom is -0.481 e. The lowest BCUT2D eigenvalue weighted by molar-refractivity contribution is -0.127. The van der Waals surface area contributed by atoms with E-state index >= 15 is 0 Å². The largest absolute Gasteiger partial charge is 0.481 e. The minimum atomic E-state index is -0.657. The van der Waals surface area contributed by atoms with Gasteiger partial charge in [0, 0.05) is 17.3 Å². The van der Waals surface area contributed by atoms with E-state index in [4.69, 9.17) is 16.3 Å². The lowest BCUT2D eigenvalue weighted by Crippen LogP contribution is -2.36. The van der Waals surface area contributed by atoms with Crippen molar-refractivity contribution in [3.63, 3.8) is 0 Å². The van der Waals surface area contributed by atoms with E-state index in [1.165, 1.54) is 17.3 Å². The predicted molar refractivity (Wildman–Crippen MR) is 134 cm³/mol. The van der Waals surface area contributed by atoms with Crippen LogP contribution < -0.4 is 15.4 Å². The molecular weight excluding hydrogens is 474 g/mol. The lowest BCUT2D eigenvalue weighted by atomic mass is 10.2. The molecule has 0 saturated heterocycles. The molecule has 3 aromatic rings. The number of ether oxygens (including phenoxy) is 1. The Morgan fingerprint density at radius 1 is 1.09 bits per heavy atom. The summed E-state index contributed by atoms with van der Waals surface area (Å²) in [5.74, 6) is 1.02. The monoisotopic (exact) mass is 501 g/mol. The van der Waals surface area contributed by atoms with Crippen molar-refractivity contribution in [2.45, 2.75) is 51.5 Å². The molecule has 34 heavy (non-hydrogen) atoms. The highest BCUT2D eigenvalue weighted by Crippen LogP contribution is 2.19. The van der Waals surface area contributed by atoms with Crippen molar-refractivity contribution in [3.05, 3.63) is 64.9 Å². The number of carbonyl (C=O) groups is 2. The second kappa shape index (κ2) is 12.4. The van der Waals surface area contributed by atoms with E-state index in [2.05, 4.69) is 27.8 Å². The van der Waals surface area contributed by atoms with Crippen molar-refractivity contribution in [1.82, 2.24) is 20.1 Å². The number of anilines is 1. The van der Waals surface area contributed by atoms with Crippen LogP contribution in [0.2, 0.25) is 5.02 Å². The summed E-state index contributed by atoms with van der Waals surface area (Å²) >= 11 is 7.15. The third-order valence-corrected chi connectivity index (χ3v) is 6.22. The third kappa shape index (κ3) is 7.23. The molecule has 0 bridgehead atoms. The zero-order valence-electron chi connectivity index (χ0n) is 19.4. The van der Waals surface area contributed by atoms with Gasteiger partial charge in [0.05, 0.1) is 12.3 Å². The molecule has 1 heterocycles. The maximum Gasteiger partial charge on any atom is 0.261 e. The predicted octanol–water partition coefficient (Wildman–Crippen LogP) is 4.33. The summed E-state index contributed by atoms with van der Waals surface area (Å²) in [4.78, 5) is 24.8. The molecule has 1 atom stereocenters. The van der Waals surface area contributed by atoms with Gasteiger partial charge in [-0.05, 0) is 62.2 Å². The number of rotatable bonds is 11. The molecule has 0 aliphatic carbocycles. The maximum absolute atomic E-state index is 12.5. The fourth-order valence-electron chi connectivity index (χ4n) is 3.11. The molecule has 3 rings (SSSR count). The smallest absolute Gasteiger partial charge is 0.261 e. The first-order chi connectivity index (χ1) is 16.4. The van der Waals surface area contributed by atoms with Gasteiger partial charge in [0.15, 0.2) is 17.1 Å². The maximum atomic E-state index is 12.5. The van der Waals surface area contributed by atoms with Crippen LogP contribution in [0.15, 0.2) is 53.7 Å². The molecule has 0 saturated carbocycles. The number of carbonyl (C=O) groups excluding carboxylic acids is 2. The van der Waals surface area contributed by atoms with Crippen LogP contribution in [0.5, 0.6) is 5.75 Å². The number of nitrogens with zero attached hydrogens (tertiary/aromatic N) is 3. The molecule has 2 N–H and O–H groups in total. The van der Waals surface area contributed by atoms with Gasteiger partial charge in [-0.3, -0.25) is 9.59 Å². The number of hydrogen-bond donors (Lipinski definition) is 2. The van der Waals surface area contributed by atoms with Crippen LogP contribution in [0, 0.1) is 0 Å². The van der Waals surface area contributed by atoms with Crippen LogP contribution in [0.4, 0.5) is 5.69 Å². The van der Waals surface area contributed by atoms with Gasteiger partial charge in [0.2, 0.25) is 5.91 Å². The number of amides is 2. The molecule has 0 radical (unpaired) electrons. The number of aryl methyl sites for hydroxylation is 1. The highest BCUT2D eigenvalue weighted by Gasteiger charge is 2.18. The Morgan fingerprint density at radius 2 is 1.79 bits per heavy atom. The molecule has 8 nitrogen and oxygen atoms in total. The van der Waals surface area contributed by atoms with Gasteiger partial charge in [-0.15, -0.1) is 10.2 Å².